The van der Waals surface area contributed by atoms with Crippen LogP contribution in [0.1, 0.15) is 59.8 Å². The van der Waals surface area contributed by atoms with Crippen LogP contribution in [0.4, 0.5) is 0 Å². The summed E-state index contributed by atoms with van der Waals surface area (Å²) in [7, 11) is 1.78. The molecule has 3 nitrogen and oxygen atoms in total. The fraction of sp³-hybridized carbons (Fsp3) is 1.00. The zero-order valence-electron chi connectivity index (χ0n) is 13.6. The molecule has 0 amide bonds. The summed E-state index contributed by atoms with van der Waals surface area (Å²) in [6.07, 6.45) is 5.90. The molecule has 19 heavy (non-hydrogen) atoms. The molecule has 1 rings (SSSR count). The molecule has 1 aliphatic carbocycles. The summed E-state index contributed by atoms with van der Waals surface area (Å²) in [6, 6.07) is 0.313. The van der Waals surface area contributed by atoms with Gasteiger partial charge in [-0.15, -0.1) is 0 Å². The number of ether oxygens (including phenoxy) is 2. The Bertz CT molecular complexity index is 243. The first kappa shape index (κ1) is 16.9. The van der Waals surface area contributed by atoms with Crippen LogP contribution in [-0.2, 0) is 9.47 Å². The van der Waals surface area contributed by atoms with Crippen LogP contribution < -0.4 is 5.32 Å². The zero-order chi connectivity index (χ0) is 14.4. The molecule has 0 aliphatic heterocycles. The van der Waals surface area contributed by atoms with Gasteiger partial charge in [0.1, 0.15) is 0 Å². The standard InChI is InChI=1S/C16H33NO2/c1-6-12-17-14(13-18-5)16(19-7-2)10-8-15(3,4)9-11-16/h14,17H,6-13H2,1-5H3. The van der Waals surface area contributed by atoms with Crippen molar-refractivity contribution in [2.24, 2.45) is 5.41 Å². The highest BCUT2D eigenvalue weighted by Gasteiger charge is 2.44. The summed E-state index contributed by atoms with van der Waals surface area (Å²) >= 11 is 0. The van der Waals surface area contributed by atoms with Gasteiger partial charge in [0.15, 0.2) is 0 Å². The predicted molar refractivity (Wildman–Crippen MR) is 80.6 cm³/mol. The van der Waals surface area contributed by atoms with Crippen LogP contribution in [0.15, 0.2) is 0 Å². The van der Waals surface area contributed by atoms with Gasteiger partial charge < -0.3 is 14.8 Å². The molecule has 3 heteroatoms. The van der Waals surface area contributed by atoms with Gasteiger partial charge in [-0.25, -0.2) is 0 Å². The van der Waals surface area contributed by atoms with Crippen molar-refractivity contribution >= 4 is 0 Å². The highest BCUT2D eigenvalue weighted by molar-refractivity contribution is 4.99. The van der Waals surface area contributed by atoms with Crippen LogP contribution in [0.2, 0.25) is 0 Å². The van der Waals surface area contributed by atoms with Crippen molar-refractivity contribution in [1.29, 1.82) is 0 Å². The van der Waals surface area contributed by atoms with Gasteiger partial charge in [-0.2, -0.15) is 0 Å². The Kier molecular flexibility index (Phi) is 6.78. The molecular formula is C16H33NO2. The molecule has 1 aliphatic rings. The lowest BCUT2D eigenvalue weighted by Gasteiger charge is -2.47. The third-order valence-corrected chi connectivity index (χ3v) is 4.49. The van der Waals surface area contributed by atoms with E-state index in [9.17, 15) is 0 Å². The van der Waals surface area contributed by atoms with Crippen LogP contribution in [0.3, 0.4) is 0 Å². The number of nitrogens with one attached hydrogen (secondary N) is 1. The second kappa shape index (κ2) is 7.61. The lowest BCUT2D eigenvalue weighted by molar-refractivity contribution is -0.117. The van der Waals surface area contributed by atoms with E-state index in [1.807, 2.05) is 0 Å². The van der Waals surface area contributed by atoms with Crippen LogP contribution in [0.25, 0.3) is 0 Å². The summed E-state index contributed by atoms with van der Waals surface area (Å²) in [6.45, 7) is 11.6. The number of methoxy groups -OCH3 is 1. The average molecular weight is 271 g/mol. The highest BCUT2D eigenvalue weighted by atomic mass is 16.5. The molecule has 0 saturated heterocycles. The van der Waals surface area contributed by atoms with Gasteiger partial charge in [0.05, 0.1) is 18.2 Å². The first-order chi connectivity index (χ1) is 8.99. The third-order valence-electron chi connectivity index (χ3n) is 4.49. The normalized spacial score (nSPS) is 23.2. The van der Waals surface area contributed by atoms with Gasteiger partial charge in [0.25, 0.3) is 0 Å². The second-order valence-corrected chi connectivity index (χ2v) is 6.62. The van der Waals surface area contributed by atoms with E-state index in [0.29, 0.717) is 11.5 Å². The van der Waals surface area contributed by atoms with E-state index < -0.39 is 0 Å². The Balaban J connectivity index is 2.77. The van der Waals surface area contributed by atoms with Crippen molar-refractivity contribution in [3.05, 3.63) is 0 Å². The summed E-state index contributed by atoms with van der Waals surface area (Å²) in [4.78, 5) is 0. The predicted octanol–water partition coefficient (Wildman–Crippen LogP) is 3.38. The fourth-order valence-electron chi connectivity index (χ4n) is 3.11. The largest absolute Gasteiger partial charge is 0.383 e. The maximum atomic E-state index is 6.23. The Morgan fingerprint density at radius 2 is 1.74 bits per heavy atom. The Labute approximate surface area is 119 Å². The van der Waals surface area contributed by atoms with Crippen molar-refractivity contribution in [3.63, 3.8) is 0 Å². The number of rotatable bonds is 8. The van der Waals surface area contributed by atoms with Gasteiger partial charge >= 0.3 is 0 Å². The Hall–Kier alpha value is -0.120. The molecule has 1 saturated carbocycles. The maximum absolute atomic E-state index is 6.23. The third kappa shape index (κ3) is 4.73. The first-order valence-corrected chi connectivity index (χ1v) is 7.86. The molecule has 1 unspecified atom stereocenters. The van der Waals surface area contributed by atoms with Crippen LogP contribution in [0, 0.1) is 5.41 Å². The lowest BCUT2D eigenvalue weighted by Crippen LogP contribution is -2.57. The van der Waals surface area contributed by atoms with Gasteiger partial charge in [-0.1, -0.05) is 20.8 Å². The van der Waals surface area contributed by atoms with E-state index in [1.165, 1.54) is 12.8 Å². The molecule has 1 fully saturated rings. The van der Waals surface area contributed by atoms with Crippen molar-refractivity contribution in [2.75, 3.05) is 26.9 Å². The van der Waals surface area contributed by atoms with E-state index >= 15 is 0 Å². The van der Waals surface area contributed by atoms with Crippen LogP contribution >= 0.6 is 0 Å². The number of hydrogen-bond donors (Lipinski definition) is 1. The highest BCUT2D eigenvalue weighted by Crippen LogP contribution is 2.43. The van der Waals surface area contributed by atoms with E-state index in [2.05, 4.69) is 33.0 Å². The molecule has 0 heterocycles. The summed E-state index contributed by atoms with van der Waals surface area (Å²) in [5.41, 5.74) is 0.429. The fourth-order valence-corrected chi connectivity index (χ4v) is 3.11. The second-order valence-electron chi connectivity index (χ2n) is 6.62. The van der Waals surface area contributed by atoms with E-state index in [1.54, 1.807) is 7.11 Å². The topological polar surface area (TPSA) is 30.5 Å². The maximum Gasteiger partial charge on any atom is 0.0857 e. The van der Waals surface area contributed by atoms with Crippen molar-refractivity contribution in [1.82, 2.24) is 5.32 Å². The first-order valence-electron chi connectivity index (χ1n) is 7.86. The van der Waals surface area contributed by atoms with Crippen LogP contribution in [-0.4, -0.2) is 38.5 Å². The van der Waals surface area contributed by atoms with Crippen molar-refractivity contribution < 1.29 is 9.47 Å². The molecule has 0 radical (unpaired) electrons. The monoisotopic (exact) mass is 271 g/mol. The SMILES string of the molecule is CCCNC(COC)C1(OCC)CCC(C)(C)CC1. The minimum Gasteiger partial charge on any atom is -0.383 e. The molecule has 0 aromatic heterocycles. The summed E-state index contributed by atoms with van der Waals surface area (Å²) in [5.74, 6) is 0. The number of hydrogen-bond acceptors (Lipinski definition) is 3. The Morgan fingerprint density at radius 1 is 1.11 bits per heavy atom. The summed E-state index contributed by atoms with van der Waals surface area (Å²) < 4.78 is 11.7. The van der Waals surface area contributed by atoms with E-state index in [-0.39, 0.29) is 5.60 Å². The van der Waals surface area contributed by atoms with Gasteiger partial charge in [-0.3, -0.25) is 0 Å². The minimum absolute atomic E-state index is 0.0323. The van der Waals surface area contributed by atoms with Gasteiger partial charge in [0.2, 0.25) is 0 Å². The smallest absolute Gasteiger partial charge is 0.0857 e. The van der Waals surface area contributed by atoms with Crippen LogP contribution in [0.5, 0.6) is 0 Å². The molecule has 0 spiro atoms. The van der Waals surface area contributed by atoms with Gasteiger partial charge in [-0.05, 0) is 51.0 Å². The molecule has 114 valence electrons. The Morgan fingerprint density at radius 3 is 2.21 bits per heavy atom. The lowest BCUT2D eigenvalue weighted by atomic mass is 9.68. The molecule has 1 atom stereocenters. The molecule has 0 aromatic carbocycles. The van der Waals surface area contributed by atoms with Crippen molar-refractivity contribution in [3.8, 4) is 0 Å². The molecular weight excluding hydrogens is 238 g/mol. The van der Waals surface area contributed by atoms with Gasteiger partial charge in [0, 0.05) is 13.7 Å². The zero-order valence-corrected chi connectivity index (χ0v) is 13.6. The average Bonchev–Trinajstić information content (AvgIpc) is 2.38. The van der Waals surface area contributed by atoms with E-state index in [0.717, 1.165) is 39.0 Å². The molecule has 0 aromatic rings. The molecule has 1 N–H and O–H groups in total. The minimum atomic E-state index is -0.0323. The summed E-state index contributed by atoms with van der Waals surface area (Å²) in [5, 5.41) is 3.64. The van der Waals surface area contributed by atoms with E-state index in [4.69, 9.17) is 9.47 Å². The van der Waals surface area contributed by atoms with Crippen molar-refractivity contribution in [2.45, 2.75) is 71.4 Å². The quantitative estimate of drug-likeness (QED) is 0.734. The molecule has 0 bridgehead atoms.